The highest BCUT2D eigenvalue weighted by Crippen LogP contribution is 2.40. The van der Waals surface area contributed by atoms with Crippen LogP contribution in [0.15, 0.2) is 54.6 Å². The highest BCUT2D eigenvalue weighted by Gasteiger charge is 2.27. The van der Waals surface area contributed by atoms with E-state index in [1.54, 1.807) is 4.90 Å². The van der Waals surface area contributed by atoms with Crippen LogP contribution in [-0.4, -0.2) is 37.6 Å². The van der Waals surface area contributed by atoms with Crippen LogP contribution in [0.4, 0.5) is 0 Å². The van der Waals surface area contributed by atoms with E-state index in [1.165, 1.54) is 16.3 Å². The number of benzene rings is 3. The molecule has 0 aliphatic carbocycles. The lowest BCUT2D eigenvalue weighted by Crippen LogP contribution is -2.20. The number of amides is 1. The van der Waals surface area contributed by atoms with E-state index in [9.17, 15) is 4.79 Å². The Kier molecular flexibility index (Phi) is 4.19. The molecule has 2 heterocycles. The number of hydrogen-bond donors (Lipinski definition) is 0. The third-order valence-electron chi connectivity index (χ3n) is 5.76. The number of carbonyl (C=O) groups excluding carboxylic acids is 1. The van der Waals surface area contributed by atoms with Crippen LogP contribution in [0, 0.1) is 5.92 Å². The van der Waals surface area contributed by atoms with Crippen LogP contribution in [0.3, 0.4) is 0 Å². The zero-order valence-electron chi connectivity index (χ0n) is 16.0. The molecule has 0 saturated carbocycles. The minimum absolute atomic E-state index is 0.200. The Labute approximate surface area is 164 Å². The number of hydrogen-bond acceptors (Lipinski definition) is 3. The van der Waals surface area contributed by atoms with Crippen molar-refractivity contribution in [1.29, 1.82) is 0 Å². The predicted molar refractivity (Wildman–Crippen MR) is 110 cm³/mol. The first-order chi connectivity index (χ1) is 13.7. The normalized spacial score (nSPS) is 18.4. The average molecular weight is 373 g/mol. The van der Waals surface area contributed by atoms with Crippen molar-refractivity contribution in [3.05, 3.63) is 60.2 Å². The Morgan fingerprint density at radius 2 is 2.04 bits per heavy atom. The lowest BCUT2D eigenvalue weighted by atomic mass is 9.95. The van der Waals surface area contributed by atoms with E-state index in [2.05, 4.69) is 54.6 Å². The summed E-state index contributed by atoms with van der Waals surface area (Å²) in [6, 6.07) is 19.0. The van der Waals surface area contributed by atoms with Gasteiger partial charge in [-0.1, -0.05) is 36.4 Å². The first-order valence-corrected chi connectivity index (χ1v) is 9.83. The van der Waals surface area contributed by atoms with Crippen molar-refractivity contribution in [2.75, 3.05) is 26.8 Å². The van der Waals surface area contributed by atoms with Gasteiger partial charge in [-0.25, -0.2) is 0 Å². The van der Waals surface area contributed by atoms with E-state index in [1.807, 2.05) is 7.05 Å². The highest BCUT2D eigenvalue weighted by molar-refractivity contribution is 6.00. The molecule has 1 fully saturated rings. The molecule has 1 amide bonds. The van der Waals surface area contributed by atoms with Gasteiger partial charge in [-0.2, -0.15) is 0 Å². The molecule has 4 heteroatoms. The molecule has 28 heavy (non-hydrogen) atoms. The number of ether oxygens (including phenoxy) is 2. The standard InChI is InChI=1S/C24H23NO3/c1-25-14-16(12-23(25)26)15-28-22-9-6-17-4-2-3-5-20(17)24(22)19-7-8-21-18(13-19)10-11-27-21/h2-9,13,16H,10-12,14-15H2,1H3. The maximum atomic E-state index is 11.8. The molecule has 3 aromatic carbocycles. The smallest absolute Gasteiger partial charge is 0.222 e. The van der Waals surface area contributed by atoms with E-state index in [0.29, 0.717) is 13.0 Å². The molecular formula is C24H23NO3. The van der Waals surface area contributed by atoms with Crippen LogP contribution in [0.5, 0.6) is 11.5 Å². The van der Waals surface area contributed by atoms with Gasteiger partial charge in [-0.3, -0.25) is 4.79 Å². The van der Waals surface area contributed by atoms with Gasteiger partial charge in [0.1, 0.15) is 11.5 Å². The van der Waals surface area contributed by atoms with Gasteiger partial charge in [0.05, 0.1) is 13.2 Å². The third kappa shape index (κ3) is 2.99. The summed E-state index contributed by atoms with van der Waals surface area (Å²) in [5.41, 5.74) is 3.51. The van der Waals surface area contributed by atoms with Crippen LogP contribution in [0.2, 0.25) is 0 Å². The lowest BCUT2D eigenvalue weighted by Gasteiger charge is -2.17. The fourth-order valence-electron chi connectivity index (χ4n) is 4.29. The highest BCUT2D eigenvalue weighted by atomic mass is 16.5. The molecule has 1 atom stereocenters. The molecule has 0 N–H and O–H groups in total. The molecule has 0 spiro atoms. The van der Waals surface area contributed by atoms with Crippen LogP contribution in [0.1, 0.15) is 12.0 Å². The molecule has 2 aliphatic heterocycles. The predicted octanol–water partition coefficient (Wildman–Crippen LogP) is 4.30. The minimum Gasteiger partial charge on any atom is -0.493 e. The van der Waals surface area contributed by atoms with Crippen LogP contribution < -0.4 is 9.47 Å². The summed E-state index contributed by atoms with van der Waals surface area (Å²) in [6.45, 7) is 2.06. The Balaban J connectivity index is 1.54. The van der Waals surface area contributed by atoms with Gasteiger partial charge in [0, 0.05) is 37.9 Å². The Morgan fingerprint density at radius 1 is 1.14 bits per heavy atom. The summed E-state index contributed by atoms with van der Waals surface area (Å²) in [4.78, 5) is 13.6. The second-order valence-corrected chi connectivity index (χ2v) is 7.74. The van der Waals surface area contributed by atoms with Gasteiger partial charge >= 0.3 is 0 Å². The summed E-state index contributed by atoms with van der Waals surface area (Å²) in [5.74, 6) is 2.30. The van der Waals surface area contributed by atoms with Gasteiger partial charge in [0.15, 0.2) is 0 Å². The van der Waals surface area contributed by atoms with E-state index in [0.717, 1.165) is 42.2 Å². The first kappa shape index (κ1) is 17.1. The summed E-state index contributed by atoms with van der Waals surface area (Å²) in [7, 11) is 1.86. The quantitative estimate of drug-likeness (QED) is 0.684. The summed E-state index contributed by atoms with van der Waals surface area (Å²) < 4.78 is 12.0. The number of fused-ring (bicyclic) bond motifs is 2. The van der Waals surface area contributed by atoms with Crippen molar-refractivity contribution in [3.8, 4) is 22.6 Å². The molecule has 0 bridgehead atoms. The van der Waals surface area contributed by atoms with Gasteiger partial charge in [0.2, 0.25) is 5.91 Å². The van der Waals surface area contributed by atoms with Crippen LogP contribution in [0.25, 0.3) is 21.9 Å². The van der Waals surface area contributed by atoms with Crippen LogP contribution in [-0.2, 0) is 11.2 Å². The monoisotopic (exact) mass is 373 g/mol. The van der Waals surface area contributed by atoms with Crippen molar-refractivity contribution < 1.29 is 14.3 Å². The second-order valence-electron chi connectivity index (χ2n) is 7.74. The van der Waals surface area contributed by atoms with E-state index < -0.39 is 0 Å². The molecule has 0 aromatic heterocycles. The number of carbonyl (C=O) groups is 1. The van der Waals surface area contributed by atoms with Gasteiger partial charge in [-0.05, 0) is 40.1 Å². The Bertz CT molecular complexity index is 1060. The minimum atomic E-state index is 0.200. The first-order valence-electron chi connectivity index (χ1n) is 9.83. The van der Waals surface area contributed by atoms with Crippen molar-refractivity contribution in [3.63, 3.8) is 0 Å². The molecule has 3 aromatic rings. The zero-order chi connectivity index (χ0) is 19.1. The molecular weight excluding hydrogens is 350 g/mol. The van der Waals surface area contributed by atoms with Gasteiger partial charge < -0.3 is 14.4 Å². The van der Waals surface area contributed by atoms with Crippen molar-refractivity contribution >= 4 is 16.7 Å². The Morgan fingerprint density at radius 3 is 2.89 bits per heavy atom. The Hall–Kier alpha value is -3.01. The summed E-state index contributed by atoms with van der Waals surface area (Å²) in [6.07, 6.45) is 1.51. The molecule has 0 radical (unpaired) electrons. The second kappa shape index (κ2) is 6.86. The molecule has 2 aliphatic rings. The van der Waals surface area contributed by atoms with Gasteiger partial charge in [0.25, 0.3) is 0 Å². The van der Waals surface area contributed by atoms with E-state index in [4.69, 9.17) is 9.47 Å². The molecule has 1 saturated heterocycles. The lowest BCUT2D eigenvalue weighted by molar-refractivity contribution is -0.126. The van der Waals surface area contributed by atoms with E-state index >= 15 is 0 Å². The molecule has 142 valence electrons. The number of rotatable bonds is 4. The zero-order valence-corrected chi connectivity index (χ0v) is 16.0. The number of nitrogens with zero attached hydrogens (tertiary/aromatic N) is 1. The van der Waals surface area contributed by atoms with Crippen molar-refractivity contribution in [1.82, 2.24) is 4.90 Å². The van der Waals surface area contributed by atoms with Crippen LogP contribution >= 0.6 is 0 Å². The fraction of sp³-hybridized carbons (Fsp3) is 0.292. The molecule has 1 unspecified atom stereocenters. The topological polar surface area (TPSA) is 38.8 Å². The molecule has 5 rings (SSSR count). The maximum Gasteiger partial charge on any atom is 0.222 e. The number of likely N-dealkylation sites (tertiary alicyclic amines) is 1. The fourth-order valence-corrected chi connectivity index (χ4v) is 4.29. The molecule has 4 nitrogen and oxygen atoms in total. The average Bonchev–Trinajstić information content (AvgIpc) is 3.31. The third-order valence-corrected chi connectivity index (χ3v) is 5.76. The van der Waals surface area contributed by atoms with E-state index in [-0.39, 0.29) is 11.8 Å². The maximum absolute atomic E-state index is 11.8. The van der Waals surface area contributed by atoms with Gasteiger partial charge in [-0.15, -0.1) is 0 Å². The summed E-state index contributed by atoms with van der Waals surface area (Å²) in [5, 5.41) is 2.37. The van der Waals surface area contributed by atoms with Crippen molar-refractivity contribution in [2.24, 2.45) is 5.92 Å². The summed E-state index contributed by atoms with van der Waals surface area (Å²) >= 11 is 0. The SMILES string of the molecule is CN1CC(COc2ccc3ccccc3c2-c2ccc3c(c2)CCO3)CC1=O. The largest absolute Gasteiger partial charge is 0.493 e. The van der Waals surface area contributed by atoms with Crippen molar-refractivity contribution in [2.45, 2.75) is 12.8 Å².